The number of carbonyl (C=O) groups is 1. The number of halogens is 4. The van der Waals surface area contributed by atoms with Crippen molar-refractivity contribution >= 4 is 11.5 Å². The number of ether oxygens (including phenoxy) is 1. The SMILES string of the molecule is CCOC(=O)Cc1cc(/C2=C/CCCCCC2)c[n+](Cc2ccc(C(F)(F)F)cc2)c1.[Br-]. The van der Waals surface area contributed by atoms with Gasteiger partial charge in [-0.15, -0.1) is 0 Å². The minimum atomic E-state index is -4.34. The first-order valence-electron chi connectivity index (χ1n) is 10.9. The van der Waals surface area contributed by atoms with Crippen LogP contribution < -0.4 is 21.5 Å². The van der Waals surface area contributed by atoms with Crippen LogP contribution in [-0.4, -0.2) is 12.6 Å². The Morgan fingerprint density at radius 3 is 2.44 bits per heavy atom. The Labute approximate surface area is 198 Å². The zero-order valence-corrected chi connectivity index (χ0v) is 19.8. The topological polar surface area (TPSA) is 30.2 Å². The highest BCUT2D eigenvalue weighted by Crippen LogP contribution is 2.29. The highest BCUT2D eigenvalue weighted by molar-refractivity contribution is 5.73. The number of hydrogen-bond donors (Lipinski definition) is 0. The van der Waals surface area contributed by atoms with Crippen molar-refractivity contribution < 1.29 is 44.3 Å². The quantitative estimate of drug-likeness (QED) is 0.441. The number of nitrogens with zero attached hydrogens (tertiary/aromatic N) is 1. The van der Waals surface area contributed by atoms with Crippen molar-refractivity contribution in [2.75, 3.05) is 6.61 Å². The molecule has 0 N–H and O–H groups in total. The smallest absolute Gasteiger partial charge is 0.416 e. The summed E-state index contributed by atoms with van der Waals surface area (Å²) in [6.45, 7) is 2.53. The first-order chi connectivity index (χ1) is 14.8. The monoisotopic (exact) mass is 511 g/mol. The van der Waals surface area contributed by atoms with E-state index >= 15 is 0 Å². The lowest BCUT2D eigenvalue weighted by atomic mass is 9.94. The van der Waals surface area contributed by atoms with Crippen LogP contribution >= 0.6 is 0 Å². The number of rotatable bonds is 6. The fourth-order valence-corrected chi connectivity index (χ4v) is 3.91. The van der Waals surface area contributed by atoms with Gasteiger partial charge in [0.1, 0.15) is 0 Å². The van der Waals surface area contributed by atoms with Crippen LogP contribution in [0.4, 0.5) is 13.2 Å². The second-order valence-electron chi connectivity index (χ2n) is 7.96. The molecule has 32 heavy (non-hydrogen) atoms. The molecule has 0 unspecified atom stereocenters. The van der Waals surface area contributed by atoms with Gasteiger partial charge in [0.25, 0.3) is 0 Å². The highest BCUT2D eigenvalue weighted by atomic mass is 79.9. The van der Waals surface area contributed by atoms with Crippen molar-refractivity contribution in [3.63, 3.8) is 0 Å². The van der Waals surface area contributed by atoms with Gasteiger partial charge in [-0.1, -0.05) is 31.1 Å². The van der Waals surface area contributed by atoms with Crippen LogP contribution in [0.1, 0.15) is 67.7 Å². The third kappa shape index (κ3) is 7.76. The number of allylic oxidation sites excluding steroid dienone is 2. The summed E-state index contributed by atoms with van der Waals surface area (Å²) in [6, 6.07) is 7.26. The summed E-state index contributed by atoms with van der Waals surface area (Å²) in [4.78, 5) is 12.0. The van der Waals surface area contributed by atoms with Gasteiger partial charge < -0.3 is 21.7 Å². The first kappa shape index (κ1) is 26.1. The van der Waals surface area contributed by atoms with Gasteiger partial charge in [-0.05, 0) is 56.4 Å². The molecule has 0 fully saturated rings. The fourth-order valence-electron chi connectivity index (χ4n) is 3.91. The van der Waals surface area contributed by atoms with E-state index in [4.69, 9.17) is 4.74 Å². The van der Waals surface area contributed by atoms with E-state index < -0.39 is 11.7 Å². The lowest BCUT2D eigenvalue weighted by Gasteiger charge is -2.12. The summed E-state index contributed by atoms with van der Waals surface area (Å²) < 4.78 is 45.6. The van der Waals surface area contributed by atoms with Crippen LogP contribution in [-0.2, 0) is 28.7 Å². The summed E-state index contributed by atoms with van der Waals surface area (Å²) in [7, 11) is 0. The number of benzene rings is 1. The minimum Gasteiger partial charge on any atom is -1.00 e. The number of pyridine rings is 1. The van der Waals surface area contributed by atoms with Crippen molar-refractivity contribution in [3.05, 3.63) is 71.1 Å². The number of esters is 1. The van der Waals surface area contributed by atoms with Gasteiger partial charge in [0.15, 0.2) is 18.9 Å². The summed E-state index contributed by atoms with van der Waals surface area (Å²) in [5, 5.41) is 0. The van der Waals surface area contributed by atoms with Gasteiger partial charge in [-0.25, -0.2) is 0 Å². The zero-order chi connectivity index (χ0) is 22.3. The maximum absolute atomic E-state index is 12.8. The molecule has 1 aliphatic carbocycles. The molecule has 174 valence electrons. The Morgan fingerprint density at radius 1 is 1.03 bits per heavy atom. The largest absolute Gasteiger partial charge is 1.00 e. The minimum absolute atomic E-state index is 0. The van der Waals surface area contributed by atoms with E-state index in [1.807, 2.05) is 23.0 Å². The molecule has 0 aliphatic heterocycles. The molecule has 1 aromatic heterocycles. The molecule has 0 atom stereocenters. The molecule has 0 bridgehead atoms. The molecule has 0 spiro atoms. The Balaban J connectivity index is 0.00000363. The van der Waals surface area contributed by atoms with Crippen LogP contribution in [0, 0.1) is 0 Å². The molecule has 0 saturated carbocycles. The van der Waals surface area contributed by atoms with Crippen LogP contribution in [0.15, 0.2) is 48.8 Å². The Kier molecular flexibility index (Phi) is 9.94. The summed E-state index contributed by atoms with van der Waals surface area (Å²) in [5.41, 5.74) is 3.29. The number of aromatic nitrogens is 1. The average Bonchev–Trinajstić information content (AvgIpc) is 2.67. The maximum atomic E-state index is 12.8. The van der Waals surface area contributed by atoms with Crippen LogP contribution in [0.2, 0.25) is 0 Å². The predicted molar refractivity (Wildman–Crippen MR) is 113 cm³/mol. The predicted octanol–water partition coefficient (Wildman–Crippen LogP) is 2.89. The van der Waals surface area contributed by atoms with Gasteiger partial charge in [-0.2, -0.15) is 17.7 Å². The molecule has 0 amide bonds. The van der Waals surface area contributed by atoms with Crippen molar-refractivity contribution in [1.82, 2.24) is 0 Å². The van der Waals surface area contributed by atoms with Gasteiger partial charge in [0, 0.05) is 16.7 Å². The lowest BCUT2D eigenvalue weighted by Crippen LogP contribution is -3.00. The molecule has 0 saturated heterocycles. The molecular formula is C25H29BrF3NO2. The van der Waals surface area contributed by atoms with Gasteiger partial charge in [0.2, 0.25) is 0 Å². The van der Waals surface area contributed by atoms with E-state index in [9.17, 15) is 18.0 Å². The van der Waals surface area contributed by atoms with Gasteiger partial charge in [0.05, 0.1) is 18.6 Å². The van der Waals surface area contributed by atoms with E-state index in [2.05, 4.69) is 6.08 Å². The Hall–Kier alpha value is -2.15. The van der Waals surface area contributed by atoms with E-state index in [0.29, 0.717) is 13.2 Å². The fraction of sp³-hybridized carbons (Fsp3) is 0.440. The van der Waals surface area contributed by atoms with E-state index in [1.54, 1.807) is 6.92 Å². The number of alkyl halides is 3. The van der Waals surface area contributed by atoms with E-state index in [0.717, 1.165) is 48.1 Å². The third-order valence-electron chi connectivity index (χ3n) is 5.44. The van der Waals surface area contributed by atoms with Crippen molar-refractivity contribution in [1.29, 1.82) is 0 Å². The van der Waals surface area contributed by atoms with Crippen molar-refractivity contribution in [2.24, 2.45) is 0 Å². The first-order valence-corrected chi connectivity index (χ1v) is 10.9. The third-order valence-corrected chi connectivity index (χ3v) is 5.44. The molecule has 0 radical (unpaired) electrons. The normalized spacial score (nSPS) is 16.2. The summed E-state index contributed by atoms with van der Waals surface area (Å²) in [6.07, 6.45) is 8.81. The van der Waals surface area contributed by atoms with E-state index in [-0.39, 0.29) is 29.4 Å². The molecule has 1 aliphatic rings. The Bertz CT molecular complexity index is 924. The second-order valence-corrected chi connectivity index (χ2v) is 7.96. The standard InChI is InChI=1S/C25H29F3NO2.BrH/c1-2-31-24(30)15-20-14-22(21-8-6-4-3-5-7-9-21)18-29(17-20)16-19-10-12-23(13-11-19)25(26,27)28;/h8,10-14,17-18H,2-7,9,15-16H2,1H3;1H/q+1;/p-1/b21-8+;. The zero-order valence-electron chi connectivity index (χ0n) is 18.3. The molecule has 1 heterocycles. The van der Waals surface area contributed by atoms with Gasteiger partial charge in [-0.3, -0.25) is 4.79 Å². The van der Waals surface area contributed by atoms with Crippen LogP contribution in [0.3, 0.4) is 0 Å². The molecule has 2 aromatic rings. The number of carbonyl (C=O) groups excluding carboxylic acids is 1. The van der Waals surface area contributed by atoms with Crippen LogP contribution in [0.25, 0.3) is 5.57 Å². The molecule has 7 heteroatoms. The van der Waals surface area contributed by atoms with Gasteiger partial charge >= 0.3 is 12.1 Å². The van der Waals surface area contributed by atoms with Crippen molar-refractivity contribution in [2.45, 2.75) is 64.6 Å². The maximum Gasteiger partial charge on any atom is 0.416 e. The average molecular weight is 512 g/mol. The van der Waals surface area contributed by atoms with E-state index in [1.165, 1.54) is 37.0 Å². The second kappa shape index (κ2) is 12.2. The molecule has 3 nitrogen and oxygen atoms in total. The summed E-state index contributed by atoms with van der Waals surface area (Å²) >= 11 is 0. The number of hydrogen-bond acceptors (Lipinski definition) is 2. The lowest BCUT2D eigenvalue weighted by molar-refractivity contribution is -0.688. The van der Waals surface area contributed by atoms with Crippen molar-refractivity contribution in [3.8, 4) is 0 Å². The molecule has 3 rings (SSSR count). The highest BCUT2D eigenvalue weighted by Gasteiger charge is 2.30. The Morgan fingerprint density at radius 2 is 1.75 bits per heavy atom. The molecule has 1 aromatic carbocycles. The summed E-state index contributed by atoms with van der Waals surface area (Å²) in [5.74, 6) is -0.285. The molecular weight excluding hydrogens is 483 g/mol. The van der Waals surface area contributed by atoms with Crippen LogP contribution in [0.5, 0.6) is 0 Å².